The molecule has 0 aliphatic rings. The fourth-order valence-corrected chi connectivity index (χ4v) is 2.66. The first-order chi connectivity index (χ1) is 13.5. The molecule has 0 saturated heterocycles. The molecule has 28 heavy (non-hydrogen) atoms. The number of halogens is 1. The van der Waals surface area contributed by atoms with Crippen LogP contribution in [0.1, 0.15) is 10.4 Å². The Kier molecular flexibility index (Phi) is 4.29. The molecule has 0 aliphatic carbocycles. The number of carbonyl (C=O) groups is 1. The third-order valence-electron chi connectivity index (χ3n) is 4.08. The maximum absolute atomic E-state index is 13.1. The minimum Gasteiger partial charge on any atom is -0.436 e. The minimum atomic E-state index is -0.529. The lowest BCUT2D eigenvalue weighted by atomic mass is 10.2. The summed E-state index contributed by atoms with van der Waals surface area (Å²) in [5.41, 5.74) is 2.38. The van der Waals surface area contributed by atoms with Crippen LogP contribution < -0.4 is 5.32 Å². The van der Waals surface area contributed by atoms with Gasteiger partial charge in [0.25, 0.3) is 11.6 Å². The van der Waals surface area contributed by atoms with Crippen LogP contribution in [0.4, 0.5) is 15.8 Å². The van der Waals surface area contributed by atoms with Crippen molar-refractivity contribution in [3.8, 4) is 11.5 Å². The number of aromatic nitrogens is 1. The van der Waals surface area contributed by atoms with Gasteiger partial charge in [0.1, 0.15) is 11.3 Å². The van der Waals surface area contributed by atoms with Crippen LogP contribution in [-0.4, -0.2) is 15.8 Å². The van der Waals surface area contributed by atoms with Crippen molar-refractivity contribution in [2.45, 2.75) is 0 Å². The number of carbonyl (C=O) groups excluding carboxylic acids is 1. The van der Waals surface area contributed by atoms with Gasteiger partial charge in [-0.05, 0) is 54.6 Å². The number of nitrogens with one attached hydrogen (secondary N) is 1. The molecule has 4 rings (SSSR count). The molecule has 0 fully saturated rings. The molecule has 1 amide bonds. The predicted molar refractivity (Wildman–Crippen MR) is 100 cm³/mol. The molecule has 4 aromatic rings. The van der Waals surface area contributed by atoms with Gasteiger partial charge in [-0.15, -0.1) is 0 Å². The highest BCUT2D eigenvalue weighted by atomic mass is 19.1. The zero-order chi connectivity index (χ0) is 19.7. The van der Waals surface area contributed by atoms with Crippen LogP contribution in [0.2, 0.25) is 0 Å². The molecule has 7 nitrogen and oxygen atoms in total. The van der Waals surface area contributed by atoms with Gasteiger partial charge in [-0.2, -0.15) is 0 Å². The number of rotatable bonds is 4. The summed E-state index contributed by atoms with van der Waals surface area (Å²) >= 11 is 0. The second-order valence-electron chi connectivity index (χ2n) is 5.97. The molecule has 0 bridgehead atoms. The first kappa shape index (κ1) is 17.3. The van der Waals surface area contributed by atoms with Gasteiger partial charge in [-0.1, -0.05) is 0 Å². The van der Waals surface area contributed by atoms with E-state index in [1.54, 1.807) is 30.3 Å². The van der Waals surface area contributed by atoms with E-state index in [2.05, 4.69) is 10.3 Å². The number of fused-ring (bicyclic) bond motifs is 1. The summed E-state index contributed by atoms with van der Waals surface area (Å²) < 4.78 is 18.7. The highest BCUT2D eigenvalue weighted by Gasteiger charge is 2.12. The van der Waals surface area contributed by atoms with Crippen molar-refractivity contribution < 1.29 is 18.5 Å². The number of nitro benzene ring substituents is 1. The summed E-state index contributed by atoms with van der Waals surface area (Å²) in [5, 5.41) is 13.4. The third-order valence-corrected chi connectivity index (χ3v) is 4.08. The lowest BCUT2D eigenvalue weighted by Crippen LogP contribution is -2.11. The zero-order valence-electron chi connectivity index (χ0n) is 14.3. The molecule has 0 saturated carbocycles. The van der Waals surface area contributed by atoms with Gasteiger partial charge in [0, 0.05) is 28.9 Å². The Morgan fingerprint density at radius 3 is 2.43 bits per heavy atom. The largest absolute Gasteiger partial charge is 0.436 e. The molecule has 8 heteroatoms. The van der Waals surface area contributed by atoms with Crippen LogP contribution in [-0.2, 0) is 0 Å². The summed E-state index contributed by atoms with van der Waals surface area (Å²) in [6.07, 6.45) is 0. The molecule has 3 aromatic carbocycles. The number of anilines is 1. The normalized spacial score (nSPS) is 10.8. The average molecular weight is 377 g/mol. The number of amides is 1. The molecule has 1 N–H and O–H groups in total. The van der Waals surface area contributed by atoms with E-state index in [4.69, 9.17) is 4.42 Å². The van der Waals surface area contributed by atoms with Crippen molar-refractivity contribution >= 4 is 28.4 Å². The number of benzene rings is 3. The van der Waals surface area contributed by atoms with E-state index in [1.165, 1.54) is 36.4 Å². The van der Waals surface area contributed by atoms with E-state index >= 15 is 0 Å². The van der Waals surface area contributed by atoms with E-state index in [0.29, 0.717) is 28.2 Å². The van der Waals surface area contributed by atoms with E-state index < -0.39 is 10.8 Å². The number of non-ortho nitro benzene ring substituents is 1. The van der Waals surface area contributed by atoms with Gasteiger partial charge in [-0.3, -0.25) is 14.9 Å². The van der Waals surface area contributed by atoms with Gasteiger partial charge in [0.05, 0.1) is 4.92 Å². The Bertz CT molecular complexity index is 1180. The average Bonchev–Trinajstić information content (AvgIpc) is 3.12. The number of nitro groups is 1. The Morgan fingerprint density at radius 1 is 1.04 bits per heavy atom. The van der Waals surface area contributed by atoms with Crippen LogP contribution in [0.3, 0.4) is 0 Å². The molecule has 0 spiro atoms. The molecule has 0 unspecified atom stereocenters. The number of oxazole rings is 1. The fraction of sp³-hybridized carbons (Fsp3) is 0. The summed E-state index contributed by atoms with van der Waals surface area (Å²) in [7, 11) is 0. The Labute approximate surface area is 157 Å². The lowest BCUT2D eigenvalue weighted by molar-refractivity contribution is -0.384. The number of nitrogens with zero attached hydrogens (tertiary/aromatic N) is 2. The van der Waals surface area contributed by atoms with Gasteiger partial charge in [0.15, 0.2) is 5.58 Å². The van der Waals surface area contributed by atoms with E-state index in [9.17, 15) is 19.3 Å². The Morgan fingerprint density at radius 2 is 1.75 bits per heavy atom. The Balaban J connectivity index is 1.56. The van der Waals surface area contributed by atoms with E-state index in [0.717, 1.165) is 0 Å². The highest BCUT2D eigenvalue weighted by molar-refractivity contribution is 6.05. The monoisotopic (exact) mass is 377 g/mol. The second kappa shape index (κ2) is 6.92. The van der Waals surface area contributed by atoms with Crippen molar-refractivity contribution in [1.29, 1.82) is 0 Å². The first-order valence-corrected chi connectivity index (χ1v) is 8.22. The van der Waals surface area contributed by atoms with Crippen LogP contribution in [0.15, 0.2) is 71.1 Å². The molecular weight excluding hydrogens is 365 g/mol. The third kappa shape index (κ3) is 3.43. The van der Waals surface area contributed by atoms with Crippen molar-refractivity contribution in [3.63, 3.8) is 0 Å². The topological polar surface area (TPSA) is 98.3 Å². The van der Waals surface area contributed by atoms with Gasteiger partial charge < -0.3 is 9.73 Å². The van der Waals surface area contributed by atoms with E-state index in [1.807, 2.05) is 0 Å². The Hall–Kier alpha value is -4.07. The predicted octanol–water partition coefficient (Wildman–Crippen LogP) is 4.79. The van der Waals surface area contributed by atoms with Crippen LogP contribution in [0, 0.1) is 15.9 Å². The summed E-state index contributed by atoms with van der Waals surface area (Å²) in [5.74, 6) is -0.415. The maximum atomic E-state index is 13.1. The van der Waals surface area contributed by atoms with Crippen LogP contribution >= 0.6 is 0 Å². The van der Waals surface area contributed by atoms with Gasteiger partial charge in [0.2, 0.25) is 5.89 Å². The minimum absolute atomic E-state index is 0.0890. The second-order valence-corrected chi connectivity index (χ2v) is 5.97. The van der Waals surface area contributed by atoms with Gasteiger partial charge in [-0.25, -0.2) is 9.37 Å². The molecule has 1 aromatic heterocycles. The van der Waals surface area contributed by atoms with E-state index in [-0.39, 0.29) is 17.1 Å². The molecule has 0 radical (unpaired) electrons. The summed E-state index contributed by atoms with van der Waals surface area (Å²) in [6, 6.07) is 16.1. The van der Waals surface area contributed by atoms with Crippen molar-refractivity contribution in [1.82, 2.24) is 4.98 Å². The zero-order valence-corrected chi connectivity index (χ0v) is 14.3. The first-order valence-electron chi connectivity index (χ1n) is 8.22. The molecule has 1 heterocycles. The fourth-order valence-electron chi connectivity index (χ4n) is 2.66. The number of hydrogen-bond acceptors (Lipinski definition) is 5. The molecule has 138 valence electrons. The molecule has 0 atom stereocenters. The standard InChI is InChI=1S/C20H12FN3O4/c21-14-5-1-13(2-6-14)20-23-17-11-15(7-10-18(17)28-20)22-19(25)12-3-8-16(9-4-12)24(26)27/h1-11H,(H,22,25). The summed E-state index contributed by atoms with van der Waals surface area (Å²) in [6.45, 7) is 0. The van der Waals surface area contributed by atoms with Crippen LogP contribution in [0.25, 0.3) is 22.6 Å². The smallest absolute Gasteiger partial charge is 0.269 e. The van der Waals surface area contributed by atoms with Crippen LogP contribution in [0.5, 0.6) is 0 Å². The summed E-state index contributed by atoms with van der Waals surface area (Å²) in [4.78, 5) is 26.9. The van der Waals surface area contributed by atoms with Crippen molar-refractivity contribution in [2.75, 3.05) is 5.32 Å². The van der Waals surface area contributed by atoms with Crippen molar-refractivity contribution in [3.05, 3.63) is 88.2 Å². The molecular formula is C20H12FN3O4. The maximum Gasteiger partial charge on any atom is 0.269 e. The quantitative estimate of drug-likeness (QED) is 0.407. The lowest BCUT2D eigenvalue weighted by Gasteiger charge is -2.04. The van der Waals surface area contributed by atoms with Gasteiger partial charge >= 0.3 is 0 Å². The number of hydrogen-bond donors (Lipinski definition) is 1. The SMILES string of the molecule is O=C(Nc1ccc2oc(-c3ccc(F)cc3)nc2c1)c1ccc([N+](=O)[O-])cc1. The molecule has 0 aliphatic heterocycles. The highest BCUT2D eigenvalue weighted by Crippen LogP contribution is 2.26. The van der Waals surface area contributed by atoms with Crippen molar-refractivity contribution in [2.24, 2.45) is 0 Å².